The smallest absolute Gasteiger partial charge is 0.282 e. The van der Waals surface area contributed by atoms with E-state index in [0.29, 0.717) is 11.4 Å². The van der Waals surface area contributed by atoms with Crippen LogP contribution in [-0.4, -0.2) is 28.9 Å². The summed E-state index contributed by atoms with van der Waals surface area (Å²) in [5.41, 5.74) is 3.03. The Balaban J connectivity index is 1.88. The first-order valence-corrected chi connectivity index (χ1v) is 8.72. The molecule has 7 nitrogen and oxygen atoms in total. The Bertz CT molecular complexity index is 1120. The number of benzene rings is 1. The van der Waals surface area contributed by atoms with Crippen LogP contribution in [0.15, 0.2) is 66.1 Å². The minimum Gasteiger partial charge on any atom is -0.322 e. The summed E-state index contributed by atoms with van der Waals surface area (Å²) in [5.74, 6) is 0.633. The van der Waals surface area contributed by atoms with Gasteiger partial charge in [-0.05, 0) is 32.0 Å². The van der Waals surface area contributed by atoms with Crippen LogP contribution in [0, 0.1) is 6.92 Å². The topological polar surface area (TPSA) is 70.5 Å². The molecule has 0 fully saturated rings. The molecule has 136 valence electrons. The monoisotopic (exact) mass is 360 g/mol. The molecule has 4 rings (SSSR count). The van der Waals surface area contributed by atoms with Crippen LogP contribution in [0.25, 0.3) is 17.1 Å². The maximum absolute atomic E-state index is 13.3. The standard InChI is InChI=1S/C20H20N6O/c1-14(17-9-10-21-13-23-17)25-12-11-22-19(25)18-15(2)24(3)26(20(18)27)16-7-5-4-6-8-16/h4-14H,1-3H3/t14-/m0/s1. The molecular formula is C20H20N6O. The zero-order valence-electron chi connectivity index (χ0n) is 15.4. The third-order valence-electron chi connectivity index (χ3n) is 4.90. The summed E-state index contributed by atoms with van der Waals surface area (Å²) in [6, 6.07) is 11.4. The highest BCUT2D eigenvalue weighted by atomic mass is 16.1. The van der Waals surface area contributed by atoms with E-state index >= 15 is 0 Å². The summed E-state index contributed by atoms with van der Waals surface area (Å²) in [6.07, 6.45) is 6.83. The second-order valence-electron chi connectivity index (χ2n) is 6.40. The Morgan fingerprint density at radius 1 is 1.04 bits per heavy atom. The van der Waals surface area contributed by atoms with Gasteiger partial charge in [0.05, 0.1) is 17.4 Å². The van der Waals surface area contributed by atoms with Crippen molar-refractivity contribution in [2.75, 3.05) is 0 Å². The van der Waals surface area contributed by atoms with E-state index in [9.17, 15) is 4.79 Å². The predicted octanol–water partition coefficient (Wildman–Crippen LogP) is 2.75. The third-order valence-corrected chi connectivity index (χ3v) is 4.90. The fourth-order valence-corrected chi connectivity index (χ4v) is 3.34. The molecule has 4 aromatic rings. The number of nitrogens with zero attached hydrogens (tertiary/aromatic N) is 6. The maximum atomic E-state index is 13.3. The van der Waals surface area contributed by atoms with E-state index in [1.807, 2.05) is 72.7 Å². The Hall–Kier alpha value is -3.48. The van der Waals surface area contributed by atoms with Crippen LogP contribution in [0.4, 0.5) is 0 Å². The Morgan fingerprint density at radius 2 is 1.81 bits per heavy atom. The van der Waals surface area contributed by atoms with E-state index < -0.39 is 0 Å². The predicted molar refractivity (Wildman–Crippen MR) is 103 cm³/mol. The first-order chi connectivity index (χ1) is 13.1. The highest BCUT2D eigenvalue weighted by Gasteiger charge is 2.23. The van der Waals surface area contributed by atoms with E-state index in [-0.39, 0.29) is 11.6 Å². The third kappa shape index (κ3) is 2.77. The first-order valence-electron chi connectivity index (χ1n) is 8.72. The molecule has 0 aliphatic heterocycles. The molecule has 0 N–H and O–H groups in total. The molecule has 0 amide bonds. The average molecular weight is 360 g/mol. The Labute approximate surface area is 156 Å². The van der Waals surface area contributed by atoms with Crippen LogP contribution >= 0.6 is 0 Å². The van der Waals surface area contributed by atoms with Gasteiger partial charge in [-0.15, -0.1) is 0 Å². The van der Waals surface area contributed by atoms with E-state index in [1.54, 1.807) is 17.1 Å². The lowest BCUT2D eigenvalue weighted by Gasteiger charge is -2.15. The van der Waals surface area contributed by atoms with Crippen molar-refractivity contribution in [3.63, 3.8) is 0 Å². The number of aromatic nitrogens is 6. The van der Waals surface area contributed by atoms with Crippen molar-refractivity contribution in [1.29, 1.82) is 0 Å². The fraction of sp³-hybridized carbons (Fsp3) is 0.200. The van der Waals surface area contributed by atoms with Crippen molar-refractivity contribution in [1.82, 2.24) is 28.9 Å². The molecule has 0 unspecified atom stereocenters. The molecule has 0 aliphatic rings. The normalized spacial score (nSPS) is 12.3. The lowest BCUT2D eigenvalue weighted by Crippen LogP contribution is -2.21. The number of para-hydroxylation sites is 1. The largest absolute Gasteiger partial charge is 0.322 e. The molecule has 1 atom stereocenters. The molecule has 3 heterocycles. The summed E-state index contributed by atoms with van der Waals surface area (Å²) < 4.78 is 5.50. The maximum Gasteiger partial charge on any atom is 0.282 e. The Kier molecular flexibility index (Phi) is 4.19. The first kappa shape index (κ1) is 17.0. The van der Waals surface area contributed by atoms with Crippen molar-refractivity contribution in [2.45, 2.75) is 19.9 Å². The molecule has 0 radical (unpaired) electrons. The fourth-order valence-electron chi connectivity index (χ4n) is 3.34. The second-order valence-corrected chi connectivity index (χ2v) is 6.40. The molecule has 0 spiro atoms. The molecule has 7 heteroatoms. The van der Waals surface area contributed by atoms with E-state index in [0.717, 1.165) is 17.1 Å². The molecule has 3 aromatic heterocycles. The zero-order valence-corrected chi connectivity index (χ0v) is 15.4. The lowest BCUT2D eigenvalue weighted by molar-refractivity contribution is 0.624. The van der Waals surface area contributed by atoms with Crippen LogP contribution in [0.2, 0.25) is 0 Å². The summed E-state index contributed by atoms with van der Waals surface area (Å²) in [4.78, 5) is 26.1. The van der Waals surface area contributed by atoms with Gasteiger partial charge in [-0.25, -0.2) is 19.6 Å². The summed E-state index contributed by atoms with van der Waals surface area (Å²) in [7, 11) is 1.88. The van der Waals surface area contributed by atoms with Crippen LogP contribution in [0.1, 0.15) is 24.4 Å². The zero-order chi connectivity index (χ0) is 19.0. The van der Waals surface area contributed by atoms with Gasteiger partial charge in [-0.2, -0.15) is 0 Å². The van der Waals surface area contributed by atoms with Gasteiger partial charge in [0.2, 0.25) is 0 Å². The van der Waals surface area contributed by atoms with Crippen molar-refractivity contribution >= 4 is 0 Å². The van der Waals surface area contributed by atoms with Crippen molar-refractivity contribution in [3.8, 4) is 17.1 Å². The van der Waals surface area contributed by atoms with Crippen LogP contribution in [0.5, 0.6) is 0 Å². The Morgan fingerprint density at radius 3 is 2.52 bits per heavy atom. The highest BCUT2D eigenvalue weighted by molar-refractivity contribution is 5.59. The average Bonchev–Trinajstić information content (AvgIpc) is 3.25. The molecule has 0 saturated heterocycles. The van der Waals surface area contributed by atoms with Crippen molar-refractivity contribution < 1.29 is 0 Å². The molecular weight excluding hydrogens is 340 g/mol. The van der Waals surface area contributed by atoms with Gasteiger partial charge in [-0.1, -0.05) is 18.2 Å². The van der Waals surface area contributed by atoms with E-state index in [2.05, 4.69) is 15.0 Å². The van der Waals surface area contributed by atoms with Gasteiger partial charge in [0, 0.05) is 31.3 Å². The minimum atomic E-state index is -0.0939. The second kappa shape index (κ2) is 6.68. The number of hydrogen-bond donors (Lipinski definition) is 0. The van der Waals surface area contributed by atoms with Crippen LogP contribution < -0.4 is 5.56 Å². The van der Waals surface area contributed by atoms with Gasteiger partial charge < -0.3 is 4.57 Å². The van der Waals surface area contributed by atoms with E-state index in [1.165, 1.54) is 6.33 Å². The quantitative estimate of drug-likeness (QED) is 0.561. The lowest BCUT2D eigenvalue weighted by atomic mass is 10.2. The highest BCUT2D eigenvalue weighted by Crippen LogP contribution is 2.25. The van der Waals surface area contributed by atoms with Crippen LogP contribution in [0.3, 0.4) is 0 Å². The van der Waals surface area contributed by atoms with Crippen molar-refractivity contribution in [2.24, 2.45) is 7.05 Å². The van der Waals surface area contributed by atoms with Gasteiger partial charge in [0.1, 0.15) is 17.7 Å². The number of hydrogen-bond acceptors (Lipinski definition) is 4. The molecule has 0 saturated carbocycles. The molecule has 0 bridgehead atoms. The summed E-state index contributed by atoms with van der Waals surface area (Å²) in [6.45, 7) is 3.96. The molecule has 1 aromatic carbocycles. The SMILES string of the molecule is Cc1c(-c2nccn2[C@@H](C)c2ccncn2)c(=O)n(-c2ccccc2)n1C. The number of rotatable bonds is 4. The van der Waals surface area contributed by atoms with E-state index in [4.69, 9.17) is 0 Å². The van der Waals surface area contributed by atoms with Gasteiger partial charge >= 0.3 is 0 Å². The van der Waals surface area contributed by atoms with Gasteiger partial charge in [-0.3, -0.25) is 9.48 Å². The molecule has 0 aliphatic carbocycles. The summed E-state index contributed by atoms with van der Waals surface area (Å²) in [5, 5.41) is 0. The van der Waals surface area contributed by atoms with Gasteiger partial charge in [0.15, 0.2) is 0 Å². The van der Waals surface area contributed by atoms with Crippen LogP contribution in [-0.2, 0) is 7.05 Å². The summed E-state index contributed by atoms with van der Waals surface area (Å²) >= 11 is 0. The number of imidazole rings is 1. The van der Waals surface area contributed by atoms with Gasteiger partial charge in [0.25, 0.3) is 5.56 Å². The van der Waals surface area contributed by atoms with Crippen molar-refractivity contribution in [3.05, 3.63) is 83.1 Å². The minimum absolute atomic E-state index is 0.0744. The molecule has 27 heavy (non-hydrogen) atoms.